The van der Waals surface area contributed by atoms with Gasteiger partial charge in [0.1, 0.15) is 17.5 Å². The average Bonchev–Trinajstić information content (AvgIpc) is 2.89. The summed E-state index contributed by atoms with van der Waals surface area (Å²) in [7, 11) is 0. The third-order valence-corrected chi connectivity index (χ3v) is 3.56. The Bertz CT molecular complexity index is 684. The number of anilines is 1. The normalized spacial score (nSPS) is 21.2. The van der Waals surface area contributed by atoms with E-state index in [1.54, 1.807) is 30.3 Å². The molecule has 0 spiro atoms. The summed E-state index contributed by atoms with van der Waals surface area (Å²) in [6.07, 6.45) is -3.41. The van der Waals surface area contributed by atoms with Crippen molar-refractivity contribution in [2.45, 2.75) is 24.7 Å². The summed E-state index contributed by atoms with van der Waals surface area (Å²) in [5.41, 5.74) is 0.868. The number of halogens is 3. The highest BCUT2D eigenvalue weighted by Gasteiger charge is 2.46. The standard InChI is InChI=1S/C14H11F3N4/c15-14(16,17)12-6-11(9-4-2-1-3-5-9)20-13-10(7-18)8-19-21(12)13/h1-5,8,11-12,20H,6H2/t11-,12-/m0/s1. The highest BCUT2D eigenvalue weighted by Crippen LogP contribution is 2.44. The van der Waals surface area contributed by atoms with Gasteiger partial charge in [-0.2, -0.15) is 23.5 Å². The number of nitriles is 1. The highest BCUT2D eigenvalue weighted by molar-refractivity contribution is 5.54. The maximum absolute atomic E-state index is 13.3. The lowest BCUT2D eigenvalue weighted by Gasteiger charge is -2.33. The second-order valence-electron chi connectivity index (χ2n) is 4.86. The molecule has 2 heterocycles. The summed E-state index contributed by atoms with van der Waals surface area (Å²) >= 11 is 0. The molecule has 4 nitrogen and oxygen atoms in total. The Labute approximate surface area is 118 Å². The van der Waals surface area contributed by atoms with Crippen LogP contribution in [0.25, 0.3) is 0 Å². The maximum atomic E-state index is 13.3. The van der Waals surface area contributed by atoms with Crippen LogP contribution in [0.2, 0.25) is 0 Å². The van der Waals surface area contributed by atoms with Gasteiger partial charge in [-0.25, -0.2) is 4.68 Å². The van der Waals surface area contributed by atoms with E-state index in [9.17, 15) is 13.2 Å². The number of hydrogen-bond acceptors (Lipinski definition) is 3. The Hall–Kier alpha value is -2.49. The highest BCUT2D eigenvalue weighted by atomic mass is 19.4. The molecule has 0 amide bonds. The third-order valence-electron chi connectivity index (χ3n) is 3.56. The molecule has 1 aliphatic rings. The van der Waals surface area contributed by atoms with Gasteiger partial charge in [-0.05, 0) is 5.56 Å². The molecular weight excluding hydrogens is 281 g/mol. The smallest absolute Gasteiger partial charge is 0.362 e. The van der Waals surface area contributed by atoms with Gasteiger partial charge in [-0.15, -0.1) is 0 Å². The zero-order valence-corrected chi connectivity index (χ0v) is 10.8. The molecule has 0 saturated carbocycles. The zero-order valence-electron chi connectivity index (χ0n) is 10.8. The first kappa shape index (κ1) is 13.5. The first-order valence-electron chi connectivity index (χ1n) is 6.36. The van der Waals surface area contributed by atoms with Gasteiger partial charge in [0, 0.05) is 6.42 Å². The number of benzene rings is 1. The van der Waals surface area contributed by atoms with Crippen LogP contribution in [0, 0.1) is 11.3 Å². The van der Waals surface area contributed by atoms with E-state index in [-0.39, 0.29) is 17.8 Å². The van der Waals surface area contributed by atoms with Crippen LogP contribution in [-0.2, 0) is 0 Å². The SMILES string of the molecule is N#Cc1cnn2c1N[C@H](c1ccccc1)C[C@H]2C(F)(F)F. The van der Waals surface area contributed by atoms with Gasteiger partial charge < -0.3 is 5.32 Å². The summed E-state index contributed by atoms with van der Waals surface area (Å²) in [6.45, 7) is 0. The molecule has 21 heavy (non-hydrogen) atoms. The summed E-state index contributed by atoms with van der Waals surface area (Å²) in [5.74, 6) is 0.125. The Morgan fingerprint density at radius 2 is 2.00 bits per heavy atom. The van der Waals surface area contributed by atoms with Crippen LogP contribution >= 0.6 is 0 Å². The summed E-state index contributed by atoms with van der Waals surface area (Å²) in [4.78, 5) is 0. The fraction of sp³-hybridized carbons (Fsp3) is 0.286. The number of fused-ring (bicyclic) bond motifs is 1. The van der Waals surface area contributed by atoms with Crippen molar-refractivity contribution >= 4 is 5.82 Å². The van der Waals surface area contributed by atoms with Gasteiger partial charge in [-0.3, -0.25) is 0 Å². The van der Waals surface area contributed by atoms with E-state index in [2.05, 4.69) is 10.4 Å². The minimum Gasteiger partial charge on any atom is -0.362 e. The Morgan fingerprint density at radius 3 is 2.62 bits per heavy atom. The molecule has 1 aliphatic heterocycles. The van der Waals surface area contributed by atoms with Gasteiger partial charge >= 0.3 is 6.18 Å². The molecular formula is C14H11F3N4. The van der Waals surface area contributed by atoms with Crippen LogP contribution in [0.3, 0.4) is 0 Å². The van der Waals surface area contributed by atoms with Gasteiger partial charge in [0.15, 0.2) is 6.04 Å². The molecule has 0 radical (unpaired) electrons. The number of rotatable bonds is 1. The van der Waals surface area contributed by atoms with Crippen molar-refractivity contribution in [1.29, 1.82) is 5.26 Å². The van der Waals surface area contributed by atoms with Crippen molar-refractivity contribution in [2.75, 3.05) is 5.32 Å². The third kappa shape index (κ3) is 2.33. The van der Waals surface area contributed by atoms with E-state index in [0.29, 0.717) is 0 Å². The number of nitrogens with one attached hydrogen (secondary N) is 1. The van der Waals surface area contributed by atoms with Crippen LogP contribution in [0.1, 0.15) is 29.6 Å². The molecule has 1 N–H and O–H groups in total. The first-order valence-corrected chi connectivity index (χ1v) is 6.36. The number of alkyl halides is 3. The number of hydrogen-bond donors (Lipinski definition) is 1. The lowest BCUT2D eigenvalue weighted by Crippen LogP contribution is -2.35. The van der Waals surface area contributed by atoms with E-state index < -0.39 is 18.3 Å². The Kier molecular flexibility index (Phi) is 3.09. The van der Waals surface area contributed by atoms with Crippen LogP contribution in [0.4, 0.5) is 19.0 Å². The first-order chi connectivity index (χ1) is 10.0. The summed E-state index contributed by atoms with van der Waals surface area (Å²) in [6, 6.07) is 8.51. The van der Waals surface area contributed by atoms with Crippen molar-refractivity contribution in [3.63, 3.8) is 0 Å². The molecule has 0 unspecified atom stereocenters. The van der Waals surface area contributed by atoms with Gasteiger partial charge in [0.25, 0.3) is 0 Å². The van der Waals surface area contributed by atoms with E-state index in [1.165, 1.54) is 0 Å². The molecule has 3 rings (SSSR count). The lowest BCUT2D eigenvalue weighted by molar-refractivity contribution is -0.173. The number of aromatic nitrogens is 2. The molecule has 7 heteroatoms. The minimum absolute atomic E-state index is 0.116. The quantitative estimate of drug-likeness (QED) is 0.876. The molecule has 0 bridgehead atoms. The molecule has 0 fully saturated rings. The Balaban J connectivity index is 2.05. The predicted molar refractivity (Wildman–Crippen MR) is 69.5 cm³/mol. The molecule has 0 aliphatic carbocycles. The second-order valence-corrected chi connectivity index (χ2v) is 4.86. The van der Waals surface area contributed by atoms with Crippen LogP contribution in [0.15, 0.2) is 36.5 Å². The van der Waals surface area contributed by atoms with Gasteiger partial charge in [0.05, 0.1) is 12.2 Å². The molecule has 1 aromatic heterocycles. The lowest BCUT2D eigenvalue weighted by atomic mass is 9.97. The fourth-order valence-corrected chi connectivity index (χ4v) is 2.55. The van der Waals surface area contributed by atoms with E-state index in [4.69, 9.17) is 5.26 Å². The zero-order chi connectivity index (χ0) is 15.0. The topological polar surface area (TPSA) is 53.6 Å². The molecule has 108 valence electrons. The molecule has 0 saturated heterocycles. The Morgan fingerprint density at radius 1 is 1.29 bits per heavy atom. The average molecular weight is 292 g/mol. The fourth-order valence-electron chi connectivity index (χ4n) is 2.55. The van der Waals surface area contributed by atoms with E-state index in [1.807, 2.05) is 6.07 Å². The van der Waals surface area contributed by atoms with E-state index in [0.717, 1.165) is 16.4 Å². The van der Waals surface area contributed by atoms with Gasteiger partial charge in [-0.1, -0.05) is 30.3 Å². The monoisotopic (exact) mass is 292 g/mol. The summed E-state index contributed by atoms with van der Waals surface area (Å²) in [5, 5.41) is 15.7. The van der Waals surface area contributed by atoms with Crippen molar-refractivity contribution in [3.8, 4) is 6.07 Å². The minimum atomic E-state index is -4.41. The molecule has 2 atom stereocenters. The van der Waals surface area contributed by atoms with Crippen LogP contribution in [0.5, 0.6) is 0 Å². The molecule has 1 aromatic carbocycles. The van der Waals surface area contributed by atoms with Crippen LogP contribution < -0.4 is 5.32 Å². The maximum Gasteiger partial charge on any atom is 0.410 e. The van der Waals surface area contributed by atoms with E-state index >= 15 is 0 Å². The summed E-state index contributed by atoms with van der Waals surface area (Å²) < 4.78 is 40.6. The van der Waals surface area contributed by atoms with Crippen molar-refractivity contribution < 1.29 is 13.2 Å². The van der Waals surface area contributed by atoms with Crippen molar-refractivity contribution in [1.82, 2.24) is 9.78 Å². The molecule has 2 aromatic rings. The van der Waals surface area contributed by atoms with Crippen molar-refractivity contribution in [3.05, 3.63) is 47.7 Å². The second kappa shape index (κ2) is 4.81. The van der Waals surface area contributed by atoms with Gasteiger partial charge in [0.2, 0.25) is 0 Å². The number of nitrogens with zero attached hydrogens (tertiary/aromatic N) is 3. The largest absolute Gasteiger partial charge is 0.410 e. The van der Waals surface area contributed by atoms with Crippen molar-refractivity contribution in [2.24, 2.45) is 0 Å². The van der Waals surface area contributed by atoms with Crippen LogP contribution in [-0.4, -0.2) is 16.0 Å². The predicted octanol–water partition coefficient (Wildman–Crippen LogP) is 3.42.